The van der Waals surface area contributed by atoms with E-state index in [4.69, 9.17) is 0 Å². The number of aromatic nitrogens is 2. The highest BCUT2D eigenvalue weighted by Gasteiger charge is 2.30. The largest absolute Gasteiger partial charge is 0.406 e. The van der Waals surface area contributed by atoms with Crippen molar-refractivity contribution in [2.75, 3.05) is 0 Å². The van der Waals surface area contributed by atoms with Crippen LogP contribution in [-0.4, -0.2) is 15.3 Å². The van der Waals surface area contributed by atoms with E-state index in [1.165, 1.54) is 13.1 Å². The monoisotopic (exact) mass is 264 g/mol. The Morgan fingerprint density at radius 3 is 2.59 bits per heavy atom. The first-order valence-corrected chi connectivity index (χ1v) is 5.43. The molecule has 92 valence electrons. The number of nitrogens with zero attached hydrogens (tertiary/aromatic N) is 2. The molecule has 0 saturated heterocycles. The van der Waals surface area contributed by atoms with Crippen LogP contribution in [0.1, 0.15) is 0 Å². The van der Waals surface area contributed by atoms with Crippen molar-refractivity contribution in [2.24, 2.45) is 7.05 Å². The lowest BCUT2D eigenvalue weighted by Crippen LogP contribution is -2.42. The van der Waals surface area contributed by atoms with Crippen molar-refractivity contribution in [3.05, 3.63) is 32.3 Å². The normalized spacial score (nSPS) is 12.2. The van der Waals surface area contributed by atoms with Gasteiger partial charge in [-0.15, -0.1) is 11.3 Å². The van der Waals surface area contributed by atoms with Crippen molar-refractivity contribution in [1.82, 2.24) is 9.13 Å². The maximum absolute atomic E-state index is 12.3. The zero-order chi connectivity index (χ0) is 12.8. The maximum atomic E-state index is 12.3. The molecule has 2 rings (SSSR count). The second-order valence-electron chi connectivity index (χ2n) is 3.49. The molecule has 2 aromatic heterocycles. The van der Waals surface area contributed by atoms with Crippen molar-refractivity contribution in [3.8, 4) is 0 Å². The fraction of sp³-hybridized carbons (Fsp3) is 0.333. The summed E-state index contributed by atoms with van der Waals surface area (Å²) in [6, 6.07) is 1.41. The number of fused-ring (bicyclic) bond motifs is 1. The predicted octanol–water partition coefficient (Wildman–Crippen LogP) is 1.32. The van der Waals surface area contributed by atoms with E-state index in [0.717, 1.165) is 15.9 Å². The van der Waals surface area contributed by atoms with Crippen LogP contribution in [0.15, 0.2) is 21.0 Å². The molecule has 0 aliphatic carbocycles. The van der Waals surface area contributed by atoms with Crippen LogP contribution in [0.2, 0.25) is 0 Å². The lowest BCUT2D eigenvalue weighted by atomic mass is 10.4. The van der Waals surface area contributed by atoms with E-state index < -0.39 is 24.0 Å². The minimum absolute atomic E-state index is 0.126. The number of aryl methyl sites for hydroxylation is 1. The molecule has 0 aliphatic heterocycles. The van der Waals surface area contributed by atoms with Gasteiger partial charge in [0.05, 0.1) is 5.39 Å². The van der Waals surface area contributed by atoms with Crippen LogP contribution < -0.4 is 11.2 Å². The molecule has 0 unspecified atom stereocenters. The van der Waals surface area contributed by atoms with Gasteiger partial charge < -0.3 is 0 Å². The highest BCUT2D eigenvalue weighted by molar-refractivity contribution is 7.16. The number of alkyl halides is 3. The van der Waals surface area contributed by atoms with Crippen LogP contribution in [0.3, 0.4) is 0 Å². The molecule has 0 amide bonds. The summed E-state index contributed by atoms with van der Waals surface area (Å²) in [5.41, 5.74) is -1.86. The van der Waals surface area contributed by atoms with Gasteiger partial charge in [0.1, 0.15) is 11.4 Å². The van der Waals surface area contributed by atoms with Gasteiger partial charge >= 0.3 is 11.9 Å². The number of hydrogen-bond acceptors (Lipinski definition) is 3. The SMILES string of the molecule is Cn1c(=O)n(CC(F)(F)F)c(=O)c2ccsc21. The van der Waals surface area contributed by atoms with Gasteiger partial charge in [-0.2, -0.15) is 13.2 Å². The summed E-state index contributed by atoms with van der Waals surface area (Å²) in [5, 5.41) is 1.69. The summed E-state index contributed by atoms with van der Waals surface area (Å²) in [6.07, 6.45) is -4.60. The molecule has 2 aromatic rings. The van der Waals surface area contributed by atoms with Crippen molar-refractivity contribution in [3.63, 3.8) is 0 Å². The molecular formula is C9H7F3N2O2S. The molecule has 2 heterocycles. The quantitative estimate of drug-likeness (QED) is 0.779. The predicted molar refractivity (Wildman–Crippen MR) is 57.4 cm³/mol. The topological polar surface area (TPSA) is 44.0 Å². The third kappa shape index (κ3) is 1.99. The van der Waals surface area contributed by atoms with Crippen LogP contribution in [0, 0.1) is 0 Å². The molecular weight excluding hydrogens is 257 g/mol. The van der Waals surface area contributed by atoms with Crippen molar-refractivity contribution in [2.45, 2.75) is 12.7 Å². The van der Waals surface area contributed by atoms with Gasteiger partial charge in [-0.25, -0.2) is 4.79 Å². The summed E-state index contributed by atoms with van der Waals surface area (Å²) in [5.74, 6) is 0. The van der Waals surface area contributed by atoms with Crippen LogP contribution in [0.4, 0.5) is 13.2 Å². The van der Waals surface area contributed by atoms with Crippen LogP contribution in [0.25, 0.3) is 10.2 Å². The Morgan fingerprint density at radius 1 is 1.35 bits per heavy atom. The number of thiophene rings is 1. The summed E-state index contributed by atoms with van der Waals surface area (Å²) < 4.78 is 38.0. The number of hydrogen-bond donors (Lipinski definition) is 0. The van der Waals surface area contributed by atoms with E-state index in [1.54, 1.807) is 5.38 Å². The molecule has 0 spiro atoms. The molecule has 8 heteroatoms. The van der Waals surface area contributed by atoms with Gasteiger partial charge in [-0.3, -0.25) is 13.9 Å². The van der Waals surface area contributed by atoms with Crippen molar-refractivity contribution < 1.29 is 13.2 Å². The Balaban J connectivity index is 2.80. The second-order valence-corrected chi connectivity index (χ2v) is 4.38. The van der Waals surface area contributed by atoms with Crippen LogP contribution in [0.5, 0.6) is 0 Å². The Labute approximate surface area is 96.5 Å². The lowest BCUT2D eigenvalue weighted by Gasteiger charge is -2.10. The molecule has 0 fully saturated rings. The Hall–Kier alpha value is -1.57. The summed E-state index contributed by atoms with van der Waals surface area (Å²) in [7, 11) is 1.34. The molecule has 0 aromatic carbocycles. The molecule has 17 heavy (non-hydrogen) atoms. The third-order valence-corrected chi connectivity index (χ3v) is 3.27. The molecule has 0 N–H and O–H groups in total. The van der Waals surface area contributed by atoms with E-state index >= 15 is 0 Å². The molecule has 0 atom stereocenters. The standard InChI is InChI=1S/C9H7F3N2O2S/c1-13-7-5(2-3-17-7)6(15)14(8(13)16)4-9(10,11)12/h2-3H,4H2,1H3. The number of halogens is 3. The van der Waals surface area contributed by atoms with E-state index in [0.29, 0.717) is 4.83 Å². The summed E-state index contributed by atoms with van der Waals surface area (Å²) >= 11 is 1.14. The minimum Gasteiger partial charge on any atom is -0.287 e. The molecule has 0 aliphatic rings. The van der Waals surface area contributed by atoms with E-state index in [9.17, 15) is 22.8 Å². The zero-order valence-corrected chi connectivity index (χ0v) is 9.43. The van der Waals surface area contributed by atoms with Gasteiger partial charge in [0.15, 0.2) is 0 Å². The Morgan fingerprint density at radius 2 is 2.00 bits per heavy atom. The summed E-state index contributed by atoms with van der Waals surface area (Å²) in [4.78, 5) is 23.7. The Bertz CT molecular complexity index is 680. The van der Waals surface area contributed by atoms with Crippen molar-refractivity contribution >= 4 is 21.6 Å². The lowest BCUT2D eigenvalue weighted by molar-refractivity contribution is -0.141. The van der Waals surface area contributed by atoms with E-state index in [1.807, 2.05) is 0 Å². The van der Waals surface area contributed by atoms with Gasteiger partial charge in [0.2, 0.25) is 0 Å². The smallest absolute Gasteiger partial charge is 0.287 e. The summed E-state index contributed by atoms with van der Waals surface area (Å²) in [6.45, 7) is -1.57. The maximum Gasteiger partial charge on any atom is 0.406 e. The van der Waals surface area contributed by atoms with Gasteiger partial charge in [0.25, 0.3) is 5.56 Å². The van der Waals surface area contributed by atoms with E-state index in [-0.39, 0.29) is 9.95 Å². The fourth-order valence-corrected chi connectivity index (χ4v) is 2.39. The average Bonchev–Trinajstić information content (AvgIpc) is 2.69. The first-order chi connectivity index (χ1) is 7.81. The van der Waals surface area contributed by atoms with E-state index in [2.05, 4.69) is 0 Å². The van der Waals surface area contributed by atoms with Gasteiger partial charge in [0, 0.05) is 7.05 Å². The highest BCUT2D eigenvalue weighted by Crippen LogP contribution is 2.18. The minimum atomic E-state index is -4.60. The van der Waals surface area contributed by atoms with Gasteiger partial charge in [-0.05, 0) is 11.4 Å². The first-order valence-electron chi connectivity index (χ1n) is 4.55. The Kier molecular flexibility index (Phi) is 2.61. The zero-order valence-electron chi connectivity index (χ0n) is 8.61. The molecule has 0 saturated carbocycles. The first kappa shape index (κ1) is 11.9. The third-order valence-electron chi connectivity index (χ3n) is 2.28. The van der Waals surface area contributed by atoms with Gasteiger partial charge in [-0.1, -0.05) is 0 Å². The molecule has 0 radical (unpaired) electrons. The fourth-order valence-electron chi connectivity index (χ4n) is 1.54. The van der Waals surface area contributed by atoms with Crippen LogP contribution >= 0.6 is 11.3 Å². The number of rotatable bonds is 1. The van der Waals surface area contributed by atoms with Crippen LogP contribution in [-0.2, 0) is 13.6 Å². The highest BCUT2D eigenvalue weighted by atomic mass is 32.1. The molecule has 0 bridgehead atoms. The average molecular weight is 264 g/mol. The second kappa shape index (κ2) is 3.73. The molecule has 4 nitrogen and oxygen atoms in total. The van der Waals surface area contributed by atoms with Crippen molar-refractivity contribution in [1.29, 1.82) is 0 Å².